The molecule has 0 unspecified atom stereocenters. The number of carbonyl (C=O) groups excluding carboxylic acids is 1. The van der Waals surface area contributed by atoms with Gasteiger partial charge in [-0.15, -0.1) is 0 Å². The third kappa shape index (κ3) is 2.71. The molecule has 2 aromatic carbocycles. The highest BCUT2D eigenvalue weighted by Crippen LogP contribution is 2.37. The van der Waals surface area contributed by atoms with Crippen LogP contribution in [0.3, 0.4) is 0 Å². The summed E-state index contributed by atoms with van der Waals surface area (Å²) >= 11 is 0. The predicted octanol–water partition coefficient (Wildman–Crippen LogP) is 2.71. The number of fused-ring (bicyclic) bond motifs is 3. The first-order valence-electron chi connectivity index (χ1n) is 9.67. The number of benzene rings is 2. The van der Waals surface area contributed by atoms with Crippen LogP contribution in [0.15, 0.2) is 48.5 Å². The van der Waals surface area contributed by atoms with Gasteiger partial charge in [-0.3, -0.25) is 4.79 Å². The van der Waals surface area contributed by atoms with Gasteiger partial charge >= 0.3 is 0 Å². The SMILES string of the molecule is N#Cc1cccc(-n2nc(C(=O)N[C@@H]3C[C@@H]4CC[C@H]3N4C#N)c3ccccc32)c1. The molecular weight excluding hydrogens is 364 g/mol. The van der Waals surface area contributed by atoms with Crippen molar-refractivity contribution in [2.45, 2.75) is 37.4 Å². The lowest BCUT2D eigenvalue weighted by Crippen LogP contribution is -2.43. The molecule has 0 radical (unpaired) electrons. The third-order valence-electron chi connectivity index (χ3n) is 5.99. The number of hydrogen-bond acceptors (Lipinski definition) is 5. The van der Waals surface area contributed by atoms with Crippen molar-refractivity contribution in [1.82, 2.24) is 20.0 Å². The lowest BCUT2D eigenvalue weighted by atomic mass is 9.95. The van der Waals surface area contributed by atoms with Crippen molar-refractivity contribution in [3.05, 3.63) is 59.8 Å². The molecule has 5 rings (SSSR count). The Morgan fingerprint density at radius 2 is 2.00 bits per heavy atom. The molecule has 1 N–H and O–H groups in total. The Hall–Kier alpha value is -3.84. The summed E-state index contributed by atoms with van der Waals surface area (Å²) in [6.45, 7) is 0. The van der Waals surface area contributed by atoms with Crippen LogP contribution >= 0.6 is 0 Å². The molecule has 0 spiro atoms. The maximum Gasteiger partial charge on any atom is 0.272 e. The van der Waals surface area contributed by atoms with Gasteiger partial charge in [-0.2, -0.15) is 15.6 Å². The van der Waals surface area contributed by atoms with Crippen molar-refractivity contribution in [1.29, 1.82) is 10.5 Å². The largest absolute Gasteiger partial charge is 0.346 e. The van der Waals surface area contributed by atoms with Crippen LogP contribution in [0.5, 0.6) is 0 Å². The zero-order valence-corrected chi connectivity index (χ0v) is 15.6. The number of nitrogens with zero attached hydrogens (tertiary/aromatic N) is 5. The van der Waals surface area contributed by atoms with Crippen molar-refractivity contribution >= 4 is 16.8 Å². The van der Waals surface area contributed by atoms with Crippen LogP contribution in [0.25, 0.3) is 16.6 Å². The fraction of sp³-hybridized carbons (Fsp3) is 0.273. The van der Waals surface area contributed by atoms with Crippen LogP contribution in [0.1, 0.15) is 35.3 Å². The van der Waals surface area contributed by atoms with Crippen LogP contribution < -0.4 is 5.32 Å². The van der Waals surface area contributed by atoms with E-state index in [2.05, 4.69) is 22.7 Å². The predicted molar refractivity (Wildman–Crippen MR) is 106 cm³/mol. The summed E-state index contributed by atoms with van der Waals surface area (Å²) in [5, 5.41) is 27.0. The van der Waals surface area contributed by atoms with E-state index in [9.17, 15) is 15.3 Å². The minimum absolute atomic E-state index is 0.0354. The van der Waals surface area contributed by atoms with Crippen LogP contribution in [0.4, 0.5) is 0 Å². The minimum atomic E-state index is -0.230. The van der Waals surface area contributed by atoms with Gasteiger partial charge in [0.15, 0.2) is 11.9 Å². The van der Waals surface area contributed by atoms with E-state index in [1.165, 1.54) is 0 Å². The number of nitriles is 2. The fourth-order valence-corrected chi connectivity index (χ4v) is 4.67. The number of amides is 1. The minimum Gasteiger partial charge on any atom is -0.346 e. The lowest BCUT2D eigenvalue weighted by Gasteiger charge is -2.21. The number of rotatable bonds is 3. The zero-order chi connectivity index (χ0) is 20.0. The molecule has 7 nitrogen and oxygen atoms in total. The summed E-state index contributed by atoms with van der Waals surface area (Å²) in [5.41, 5.74) is 2.43. The molecule has 29 heavy (non-hydrogen) atoms. The van der Waals surface area contributed by atoms with E-state index in [0.717, 1.165) is 35.9 Å². The summed E-state index contributed by atoms with van der Waals surface area (Å²) in [6.07, 6.45) is 5.01. The van der Waals surface area contributed by atoms with Gasteiger partial charge in [0, 0.05) is 11.4 Å². The highest BCUT2D eigenvalue weighted by molar-refractivity contribution is 6.05. The molecule has 2 bridgehead atoms. The molecule has 1 aromatic heterocycles. The Morgan fingerprint density at radius 1 is 1.14 bits per heavy atom. The third-order valence-corrected chi connectivity index (χ3v) is 5.99. The maximum atomic E-state index is 13.1. The summed E-state index contributed by atoms with van der Waals surface area (Å²) in [5.74, 6) is -0.230. The Labute approximate surface area is 167 Å². The quantitative estimate of drug-likeness (QED) is 0.703. The first kappa shape index (κ1) is 17.3. The number of hydrogen-bond donors (Lipinski definition) is 1. The highest BCUT2D eigenvalue weighted by Gasteiger charge is 2.46. The summed E-state index contributed by atoms with van der Waals surface area (Å²) in [7, 11) is 0. The molecule has 2 aliphatic heterocycles. The smallest absolute Gasteiger partial charge is 0.272 e. The second-order valence-electron chi connectivity index (χ2n) is 7.56. The van der Waals surface area contributed by atoms with E-state index in [1.807, 2.05) is 35.2 Å². The molecule has 3 heterocycles. The molecule has 0 aliphatic carbocycles. The molecule has 3 atom stereocenters. The van der Waals surface area contributed by atoms with Crippen LogP contribution in [-0.2, 0) is 0 Å². The summed E-state index contributed by atoms with van der Waals surface area (Å²) in [4.78, 5) is 14.9. The Kier molecular flexibility index (Phi) is 3.96. The highest BCUT2D eigenvalue weighted by atomic mass is 16.2. The standard InChI is InChI=1S/C22H18N6O/c23-12-14-4-3-5-16(10-14)28-19-7-2-1-6-17(19)21(26-28)22(29)25-18-11-15-8-9-20(18)27(15)13-24/h1-7,10,15,18,20H,8-9,11H2,(H,25,29)/t15-,18+,20+/m0/s1. The molecule has 2 aliphatic rings. The normalized spacial score (nSPS) is 22.4. The van der Waals surface area contributed by atoms with Crippen molar-refractivity contribution in [2.24, 2.45) is 0 Å². The van der Waals surface area contributed by atoms with Gasteiger partial charge in [0.1, 0.15) is 0 Å². The molecule has 0 saturated carbocycles. The van der Waals surface area contributed by atoms with Crippen molar-refractivity contribution in [2.75, 3.05) is 0 Å². The Bertz CT molecular complexity index is 1200. The molecule has 7 heteroatoms. The maximum absolute atomic E-state index is 13.1. The second-order valence-corrected chi connectivity index (χ2v) is 7.56. The van der Waals surface area contributed by atoms with Gasteiger partial charge in [0.2, 0.25) is 0 Å². The van der Waals surface area contributed by atoms with E-state index in [1.54, 1.807) is 22.9 Å². The summed E-state index contributed by atoms with van der Waals surface area (Å²) < 4.78 is 1.70. The number of nitrogens with one attached hydrogen (secondary N) is 1. The van der Waals surface area contributed by atoms with E-state index in [4.69, 9.17) is 0 Å². The first-order chi connectivity index (χ1) is 14.2. The molecule has 2 saturated heterocycles. The molecule has 3 aromatic rings. The van der Waals surface area contributed by atoms with Gasteiger partial charge in [0.05, 0.1) is 34.9 Å². The first-order valence-corrected chi connectivity index (χ1v) is 9.67. The molecule has 2 fully saturated rings. The average Bonchev–Trinajstić information content (AvgIpc) is 3.44. The average molecular weight is 382 g/mol. The molecule has 142 valence electrons. The zero-order valence-electron chi connectivity index (χ0n) is 15.6. The van der Waals surface area contributed by atoms with Crippen LogP contribution in [0.2, 0.25) is 0 Å². The Morgan fingerprint density at radius 3 is 2.79 bits per heavy atom. The van der Waals surface area contributed by atoms with E-state index < -0.39 is 0 Å². The lowest BCUT2D eigenvalue weighted by molar-refractivity contribution is 0.0924. The fourth-order valence-electron chi connectivity index (χ4n) is 4.67. The van der Waals surface area contributed by atoms with Gasteiger partial charge in [-0.05, 0) is 43.5 Å². The van der Waals surface area contributed by atoms with Crippen molar-refractivity contribution in [3.8, 4) is 17.9 Å². The van der Waals surface area contributed by atoms with Crippen molar-refractivity contribution in [3.63, 3.8) is 0 Å². The van der Waals surface area contributed by atoms with Gasteiger partial charge in [-0.25, -0.2) is 4.68 Å². The van der Waals surface area contributed by atoms with Crippen LogP contribution in [-0.4, -0.2) is 38.7 Å². The topological polar surface area (TPSA) is 97.7 Å². The van der Waals surface area contributed by atoms with Gasteiger partial charge in [0.25, 0.3) is 5.91 Å². The van der Waals surface area contributed by atoms with E-state index in [0.29, 0.717) is 11.3 Å². The Balaban J connectivity index is 1.50. The number of aromatic nitrogens is 2. The van der Waals surface area contributed by atoms with Crippen molar-refractivity contribution < 1.29 is 4.79 Å². The summed E-state index contributed by atoms with van der Waals surface area (Å²) in [6, 6.07) is 17.1. The molecular formula is C22H18N6O. The number of para-hydroxylation sites is 1. The molecule has 1 amide bonds. The second kappa shape index (κ2) is 6.65. The van der Waals surface area contributed by atoms with E-state index in [-0.39, 0.29) is 24.0 Å². The number of carbonyl (C=O) groups is 1. The van der Waals surface area contributed by atoms with Crippen LogP contribution in [0, 0.1) is 22.8 Å². The van der Waals surface area contributed by atoms with Gasteiger partial charge < -0.3 is 10.2 Å². The van der Waals surface area contributed by atoms with E-state index >= 15 is 0 Å². The van der Waals surface area contributed by atoms with Gasteiger partial charge in [-0.1, -0.05) is 24.3 Å². The monoisotopic (exact) mass is 382 g/mol.